The lowest BCUT2D eigenvalue weighted by atomic mass is 9.78. The minimum Gasteiger partial charge on any atom is -0.437 e. The van der Waals surface area contributed by atoms with E-state index in [-0.39, 0.29) is 5.91 Å². The number of nitrogens with zero attached hydrogens (tertiary/aromatic N) is 2. The van der Waals surface area contributed by atoms with Gasteiger partial charge in [0.05, 0.1) is 0 Å². The molecule has 1 aliphatic heterocycles. The second-order valence-corrected chi connectivity index (χ2v) is 6.64. The zero-order valence-corrected chi connectivity index (χ0v) is 13.3. The van der Waals surface area contributed by atoms with Gasteiger partial charge in [-0.05, 0) is 43.7 Å². The highest BCUT2D eigenvalue weighted by Gasteiger charge is 2.34. The van der Waals surface area contributed by atoms with Gasteiger partial charge < -0.3 is 9.32 Å². The first-order valence-corrected chi connectivity index (χ1v) is 8.65. The Hall–Kier alpha value is -2.10. The van der Waals surface area contributed by atoms with Crippen LogP contribution >= 0.6 is 0 Å². The van der Waals surface area contributed by atoms with E-state index in [0.29, 0.717) is 17.9 Å². The Balaban J connectivity index is 1.49. The number of oxazole rings is 1. The summed E-state index contributed by atoms with van der Waals surface area (Å²) in [6.07, 6.45) is 10.8. The van der Waals surface area contributed by atoms with Crippen molar-refractivity contribution >= 4 is 23.1 Å². The Morgan fingerprint density at radius 1 is 1.17 bits per heavy atom. The fourth-order valence-corrected chi connectivity index (χ4v) is 4.10. The van der Waals surface area contributed by atoms with Gasteiger partial charge in [-0.2, -0.15) is 0 Å². The van der Waals surface area contributed by atoms with Gasteiger partial charge in [0.2, 0.25) is 11.8 Å². The Kier molecular flexibility index (Phi) is 3.90. The van der Waals surface area contributed by atoms with E-state index in [1.807, 2.05) is 24.3 Å². The normalized spacial score (nSPS) is 25.0. The third-order valence-electron chi connectivity index (χ3n) is 5.21. The number of aromatic nitrogens is 1. The molecule has 1 aromatic carbocycles. The first kappa shape index (κ1) is 14.5. The number of carbonyl (C=O) groups excluding carboxylic acids is 1. The molecule has 0 radical (unpaired) electrons. The molecule has 4 nitrogen and oxygen atoms in total. The third-order valence-corrected chi connectivity index (χ3v) is 5.21. The molecule has 4 rings (SSSR count). The van der Waals surface area contributed by atoms with Gasteiger partial charge in [0.25, 0.3) is 0 Å². The molecule has 120 valence electrons. The van der Waals surface area contributed by atoms with Crippen LogP contribution in [-0.2, 0) is 4.79 Å². The van der Waals surface area contributed by atoms with Gasteiger partial charge in [0, 0.05) is 24.7 Å². The lowest BCUT2D eigenvalue weighted by Crippen LogP contribution is -2.49. The van der Waals surface area contributed by atoms with Crippen LogP contribution in [0.4, 0.5) is 0 Å². The van der Waals surface area contributed by atoms with Gasteiger partial charge in [0.15, 0.2) is 5.58 Å². The predicted octanol–water partition coefficient (Wildman–Crippen LogP) is 4.02. The predicted molar refractivity (Wildman–Crippen MR) is 89.7 cm³/mol. The van der Waals surface area contributed by atoms with Gasteiger partial charge in [-0.25, -0.2) is 4.98 Å². The molecular formula is C19H22N2O2. The molecule has 4 heteroatoms. The lowest BCUT2D eigenvalue weighted by Gasteiger charge is -2.43. The molecule has 23 heavy (non-hydrogen) atoms. The Labute approximate surface area is 136 Å². The maximum Gasteiger partial charge on any atom is 0.247 e. The summed E-state index contributed by atoms with van der Waals surface area (Å²) in [7, 11) is 0. The van der Waals surface area contributed by atoms with E-state index >= 15 is 0 Å². The summed E-state index contributed by atoms with van der Waals surface area (Å²) < 4.78 is 5.64. The number of hydrogen-bond donors (Lipinski definition) is 0. The van der Waals surface area contributed by atoms with Crippen LogP contribution in [0.2, 0.25) is 0 Å². The Bertz CT molecular complexity index is 699. The molecule has 0 N–H and O–H groups in total. The van der Waals surface area contributed by atoms with E-state index < -0.39 is 0 Å². The highest BCUT2D eigenvalue weighted by Crippen LogP contribution is 2.35. The first-order chi connectivity index (χ1) is 11.3. The van der Waals surface area contributed by atoms with Crippen molar-refractivity contribution < 1.29 is 9.21 Å². The monoisotopic (exact) mass is 310 g/mol. The zero-order valence-electron chi connectivity index (χ0n) is 13.3. The molecule has 2 aromatic rings. The van der Waals surface area contributed by atoms with Crippen LogP contribution in [0.1, 0.15) is 44.4 Å². The average molecular weight is 310 g/mol. The molecule has 1 saturated carbocycles. The maximum absolute atomic E-state index is 12.6. The van der Waals surface area contributed by atoms with Gasteiger partial charge in [0.1, 0.15) is 5.52 Å². The molecule has 2 fully saturated rings. The van der Waals surface area contributed by atoms with Crippen molar-refractivity contribution in [2.24, 2.45) is 5.92 Å². The minimum atomic E-state index is 0.101. The third kappa shape index (κ3) is 2.90. The molecule has 2 atom stereocenters. The SMILES string of the molecule is O=C(/C=C/c1nc2ccccc2o1)N1CCC[C@H]2CCCC[C@@H]21. The molecule has 1 amide bonds. The summed E-state index contributed by atoms with van der Waals surface area (Å²) in [5.74, 6) is 1.31. The van der Waals surface area contributed by atoms with Gasteiger partial charge >= 0.3 is 0 Å². The van der Waals surface area contributed by atoms with Gasteiger partial charge in [-0.15, -0.1) is 0 Å². The van der Waals surface area contributed by atoms with Gasteiger partial charge in [-0.1, -0.05) is 25.0 Å². The largest absolute Gasteiger partial charge is 0.437 e. The summed E-state index contributed by atoms with van der Waals surface area (Å²) in [5.41, 5.74) is 1.58. The number of likely N-dealkylation sites (tertiary alicyclic amines) is 1. The second kappa shape index (κ2) is 6.19. The van der Waals surface area contributed by atoms with Crippen LogP contribution in [0, 0.1) is 5.92 Å². The van der Waals surface area contributed by atoms with Crippen LogP contribution in [0.5, 0.6) is 0 Å². The molecular weight excluding hydrogens is 288 g/mol. The first-order valence-electron chi connectivity index (χ1n) is 8.65. The number of para-hydroxylation sites is 2. The molecule has 2 aliphatic rings. The maximum atomic E-state index is 12.6. The Morgan fingerprint density at radius 2 is 2.00 bits per heavy atom. The number of carbonyl (C=O) groups is 1. The quantitative estimate of drug-likeness (QED) is 0.787. The van der Waals surface area contributed by atoms with Crippen molar-refractivity contribution in [1.29, 1.82) is 0 Å². The van der Waals surface area contributed by atoms with E-state index in [4.69, 9.17) is 4.42 Å². The number of hydrogen-bond acceptors (Lipinski definition) is 3. The minimum absolute atomic E-state index is 0.101. The molecule has 0 unspecified atom stereocenters. The molecule has 1 aromatic heterocycles. The lowest BCUT2D eigenvalue weighted by molar-refractivity contribution is -0.132. The summed E-state index contributed by atoms with van der Waals surface area (Å²) in [6.45, 7) is 0.887. The van der Waals surface area contributed by atoms with E-state index in [2.05, 4.69) is 9.88 Å². The fraction of sp³-hybridized carbons (Fsp3) is 0.474. The number of fused-ring (bicyclic) bond motifs is 2. The topological polar surface area (TPSA) is 46.3 Å². The smallest absolute Gasteiger partial charge is 0.247 e. The van der Waals surface area contributed by atoms with Crippen molar-refractivity contribution in [2.75, 3.05) is 6.54 Å². The van der Waals surface area contributed by atoms with Crippen LogP contribution in [0.25, 0.3) is 17.2 Å². The van der Waals surface area contributed by atoms with Crippen molar-refractivity contribution in [2.45, 2.75) is 44.6 Å². The number of rotatable bonds is 2. The van der Waals surface area contributed by atoms with E-state index in [0.717, 1.165) is 30.5 Å². The second-order valence-electron chi connectivity index (χ2n) is 6.64. The van der Waals surface area contributed by atoms with Crippen molar-refractivity contribution in [1.82, 2.24) is 9.88 Å². The average Bonchev–Trinajstić information content (AvgIpc) is 3.02. The van der Waals surface area contributed by atoms with Crippen molar-refractivity contribution in [3.8, 4) is 0 Å². The molecule has 0 bridgehead atoms. The fourth-order valence-electron chi connectivity index (χ4n) is 4.10. The number of amides is 1. The highest BCUT2D eigenvalue weighted by atomic mass is 16.3. The standard InChI is InChI=1S/C19H22N2O2/c22-19(21-13-5-7-14-6-1-3-9-16(14)21)12-11-18-20-15-8-2-4-10-17(15)23-18/h2,4,8,10-12,14,16H,1,3,5-7,9,13H2/b12-11+/t14-,16+/m1/s1. The van der Waals surface area contributed by atoms with E-state index in [1.54, 1.807) is 12.2 Å². The number of benzene rings is 1. The van der Waals surface area contributed by atoms with Gasteiger partial charge in [-0.3, -0.25) is 4.79 Å². The van der Waals surface area contributed by atoms with E-state index in [9.17, 15) is 4.79 Å². The highest BCUT2D eigenvalue weighted by molar-refractivity contribution is 5.92. The van der Waals surface area contributed by atoms with Crippen LogP contribution in [-0.4, -0.2) is 28.4 Å². The van der Waals surface area contributed by atoms with Crippen molar-refractivity contribution in [3.63, 3.8) is 0 Å². The van der Waals surface area contributed by atoms with Crippen LogP contribution < -0.4 is 0 Å². The van der Waals surface area contributed by atoms with Crippen LogP contribution in [0.3, 0.4) is 0 Å². The summed E-state index contributed by atoms with van der Waals surface area (Å²) in [5, 5.41) is 0. The summed E-state index contributed by atoms with van der Waals surface area (Å²) in [6, 6.07) is 8.09. The number of piperidine rings is 1. The van der Waals surface area contributed by atoms with Crippen LogP contribution in [0.15, 0.2) is 34.8 Å². The molecule has 2 heterocycles. The molecule has 0 spiro atoms. The van der Waals surface area contributed by atoms with Crippen molar-refractivity contribution in [3.05, 3.63) is 36.2 Å². The summed E-state index contributed by atoms with van der Waals surface area (Å²) in [4.78, 5) is 19.1. The molecule has 1 saturated heterocycles. The Morgan fingerprint density at radius 3 is 2.91 bits per heavy atom. The van der Waals surface area contributed by atoms with E-state index in [1.165, 1.54) is 25.7 Å². The summed E-state index contributed by atoms with van der Waals surface area (Å²) >= 11 is 0. The zero-order chi connectivity index (χ0) is 15.6. The molecule has 1 aliphatic carbocycles.